The summed E-state index contributed by atoms with van der Waals surface area (Å²) in [6, 6.07) is 0.0793. The lowest BCUT2D eigenvalue weighted by Crippen LogP contribution is -2.34. The van der Waals surface area contributed by atoms with Crippen molar-refractivity contribution in [2.24, 2.45) is 0 Å². The highest BCUT2D eigenvalue weighted by Gasteiger charge is 2.36. The normalized spacial score (nSPS) is 18.4. The first kappa shape index (κ1) is 16.2. The molecule has 0 aliphatic carbocycles. The molecule has 1 unspecified atom stereocenters. The number of alkyl halides is 3. The molecule has 1 aliphatic heterocycles. The molecule has 0 bridgehead atoms. The van der Waals surface area contributed by atoms with E-state index in [1.54, 1.807) is 0 Å². The van der Waals surface area contributed by atoms with Gasteiger partial charge >= 0.3 is 12.2 Å². The van der Waals surface area contributed by atoms with Crippen LogP contribution in [0.2, 0.25) is 0 Å². The Balaban J connectivity index is 0.000000956. The van der Waals surface area contributed by atoms with E-state index in [2.05, 4.69) is 10.3 Å². The van der Waals surface area contributed by atoms with Crippen LogP contribution in [0.25, 0.3) is 0 Å². The summed E-state index contributed by atoms with van der Waals surface area (Å²) in [6.45, 7) is 5.23. The number of nitrogens with zero attached hydrogens (tertiary/aromatic N) is 2. The first-order valence-corrected chi connectivity index (χ1v) is 6.09. The minimum atomic E-state index is -4.52. The number of hydrogen-bond donors (Lipinski definition) is 2. The summed E-state index contributed by atoms with van der Waals surface area (Å²) in [7, 11) is 0. The van der Waals surface area contributed by atoms with Crippen molar-refractivity contribution in [3.63, 3.8) is 0 Å². The SMILES string of the molecule is CC.Cc1cnc(N2C(=O)NCC2O)cc1C(F)(F)F. The topological polar surface area (TPSA) is 65.5 Å². The first-order valence-electron chi connectivity index (χ1n) is 6.09. The fourth-order valence-electron chi connectivity index (χ4n) is 1.70. The Kier molecular flexibility index (Phi) is 4.93. The van der Waals surface area contributed by atoms with Gasteiger partial charge in [-0.05, 0) is 18.6 Å². The third-order valence-corrected chi connectivity index (χ3v) is 2.59. The molecule has 8 heteroatoms. The zero-order valence-corrected chi connectivity index (χ0v) is 11.3. The van der Waals surface area contributed by atoms with E-state index in [0.29, 0.717) is 0 Å². The lowest BCUT2D eigenvalue weighted by Gasteiger charge is -2.19. The minimum absolute atomic E-state index is 0.0413. The molecule has 2 N–H and O–H groups in total. The summed E-state index contributed by atoms with van der Waals surface area (Å²) in [4.78, 5) is 15.9. The van der Waals surface area contributed by atoms with Crippen molar-refractivity contribution in [2.75, 3.05) is 11.4 Å². The molecule has 0 aromatic carbocycles. The van der Waals surface area contributed by atoms with Crippen LogP contribution >= 0.6 is 0 Å². The number of rotatable bonds is 1. The standard InChI is InChI=1S/C10H10F3N3O2.C2H6/c1-5-3-14-7(2-6(5)10(11,12)13)16-8(17)4-15-9(16)18;1-2/h2-3,8,17H,4H2,1H3,(H,15,18);1-2H3. The number of anilines is 1. The quantitative estimate of drug-likeness (QED) is 0.834. The number of β-amino-alcohol motifs (C(OH)–C–C–N with tert-alkyl or cyclic N) is 1. The lowest BCUT2D eigenvalue weighted by atomic mass is 10.1. The number of amides is 2. The Labute approximate surface area is 114 Å². The fraction of sp³-hybridized carbons (Fsp3) is 0.500. The maximum atomic E-state index is 12.7. The van der Waals surface area contributed by atoms with Crippen molar-refractivity contribution in [1.82, 2.24) is 10.3 Å². The Morgan fingerprint density at radius 2 is 2.05 bits per heavy atom. The molecule has 0 spiro atoms. The van der Waals surface area contributed by atoms with Crippen molar-refractivity contribution < 1.29 is 23.1 Å². The van der Waals surface area contributed by atoms with Crippen LogP contribution in [-0.4, -0.2) is 28.9 Å². The van der Waals surface area contributed by atoms with Crippen LogP contribution < -0.4 is 10.2 Å². The van der Waals surface area contributed by atoms with Crippen molar-refractivity contribution in [2.45, 2.75) is 33.2 Å². The summed E-state index contributed by atoms with van der Waals surface area (Å²) in [5.41, 5.74) is -0.917. The zero-order chi connectivity index (χ0) is 15.5. The van der Waals surface area contributed by atoms with Gasteiger partial charge in [0, 0.05) is 6.20 Å². The molecule has 1 aromatic rings. The zero-order valence-electron chi connectivity index (χ0n) is 11.3. The summed E-state index contributed by atoms with van der Waals surface area (Å²) >= 11 is 0. The number of carbonyl (C=O) groups excluding carboxylic acids is 1. The number of nitrogens with one attached hydrogen (secondary N) is 1. The number of carbonyl (C=O) groups is 1. The van der Waals surface area contributed by atoms with E-state index >= 15 is 0 Å². The third-order valence-electron chi connectivity index (χ3n) is 2.59. The average molecular weight is 291 g/mol. The minimum Gasteiger partial charge on any atom is -0.371 e. The van der Waals surface area contributed by atoms with E-state index in [0.717, 1.165) is 17.2 Å². The summed E-state index contributed by atoms with van der Waals surface area (Å²) in [5.74, 6) is -0.226. The molecule has 112 valence electrons. The van der Waals surface area contributed by atoms with Crippen LogP contribution in [0.4, 0.5) is 23.8 Å². The number of halogens is 3. The second-order valence-electron chi connectivity index (χ2n) is 3.89. The van der Waals surface area contributed by atoms with Gasteiger partial charge in [-0.2, -0.15) is 13.2 Å². The number of pyridine rings is 1. The van der Waals surface area contributed by atoms with Crippen LogP contribution in [0, 0.1) is 6.92 Å². The molecule has 1 atom stereocenters. The molecular formula is C12H16F3N3O2. The van der Waals surface area contributed by atoms with E-state index in [1.165, 1.54) is 6.92 Å². The lowest BCUT2D eigenvalue weighted by molar-refractivity contribution is -0.138. The van der Waals surface area contributed by atoms with Crippen molar-refractivity contribution in [3.05, 3.63) is 23.4 Å². The van der Waals surface area contributed by atoms with Gasteiger partial charge in [-0.15, -0.1) is 0 Å². The summed E-state index contributed by atoms with van der Waals surface area (Å²) < 4.78 is 38.1. The molecule has 0 radical (unpaired) electrons. The van der Waals surface area contributed by atoms with E-state index < -0.39 is 24.0 Å². The van der Waals surface area contributed by atoms with Gasteiger partial charge in [-0.3, -0.25) is 0 Å². The van der Waals surface area contributed by atoms with Gasteiger partial charge in [0.15, 0.2) is 6.23 Å². The molecule has 1 aromatic heterocycles. The number of aryl methyl sites for hydroxylation is 1. The monoisotopic (exact) mass is 291 g/mol. The van der Waals surface area contributed by atoms with Gasteiger partial charge in [0.2, 0.25) is 0 Å². The van der Waals surface area contributed by atoms with Gasteiger partial charge in [0.25, 0.3) is 0 Å². The Morgan fingerprint density at radius 1 is 1.45 bits per heavy atom. The van der Waals surface area contributed by atoms with Crippen molar-refractivity contribution >= 4 is 11.8 Å². The Bertz CT molecular complexity index is 491. The number of urea groups is 1. The molecule has 2 rings (SSSR count). The van der Waals surface area contributed by atoms with Gasteiger partial charge in [-0.1, -0.05) is 13.8 Å². The predicted molar refractivity (Wildman–Crippen MR) is 67.2 cm³/mol. The summed E-state index contributed by atoms with van der Waals surface area (Å²) in [6.07, 6.45) is -4.71. The van der Waals surface area contributed by atoms with Crippen LogP contribution in [-0.2, 0) is 6.18 Å². The van der Waals surface area contributed by atoms with E-state index in [1.807, 2.05) is 13.8 Å². The van der Waals surface area contributed by atoms with Gasteiger partial charge in [-0.25, -0.2) is 14.7 Å². The Morgan fingerprint density at radius 3 is 2.50 bits per heavy atom. The molecule has 20 heavy (non-hydrogen) atoms. The fourth-order valence-corrected chi connectivity index (χ4v) is 1.70. The largest absolute Gasteiger partial charge is 0.416 e. The van der Waals surface area contributed by atoms with Crippen LogP contribution in [0.15, 0.2) is 12.3 Å². The molecular weight excluding hydrogens is 275 g/mol. The van der Waals surface area contributed by atoms with Gasteiger partial charge in [0.1, 0.15) is 5.82 Å². The maximum absolute atomic E-state index is 12.7. The van der Waals surface area contributed by atoms with Crippen molar-refractivity contribution in [1.29, 1.82) is 0 Å². The molecule has 5 nitrogen and oxygen atoms in total. The smallest absolute Gasteiger partial charge is 0.371 e. The number of aliphatic hydroxyl groups excluding tert-OH is 1. The van der Waals surface area contributed by atoms with E-state index in [9.17, 15) is 23.1 Å². The molecule has 1 fully saturated rings. The maximum Gasteiger partial charge on any atom is 0.416 e. The number of aliphatic hydroxyl groups is 1. The molecule has 2 amide bonds. The van der Waals surface area contributed by atoms with Crippen LogP contribution in [0.1, 0.15) is 25.0 Å². The second-order valence-corrected chi connectivity index (χ2v) is 3.89. The average Bonchev–Trinajstić information content (AvgIpc) is 2.71. The first-order chi connectivity index (χ1) is 9.30. The van der Waals surface area contributed by atoms with E-state index in [4.69, 9.17) is 0 Å². The highest BCUT2D eigenvalue weighted by atomic mass is 19.4. The highest BCUT2D eigenvalue weighted by molar-refractivity contribution is 5.93. The van der Waals surface area contributed by atoms with Crippen molar-refractivity contribution in [3.8, 4) is 0 Å². The molecule has 1 aliphatic rings. The highest BCUT2D eigenvalue weighted by Crippen LogP contribution is 2.33. The number of aromatic nitrogens is 1. The molecule has 1 saturated heterocycles. The summed E-state index contributed by atoms with van der Waals surface area (Å²) in [5, 5.41) is 11.8. The van der Waals surface area contributed by atoms with Crippen LogP contribution in [0.3, 0.4) is 0 Å². The van der Waals surface area contributed by atoms with Crippen LogP contribution in [0.5, 0.6) is 0 Å². The predicted octanol–water partition coefficient (Wildman–Crippen LogP) is 2.28. The third kappa shape index (κ3) is 3.19. The van der Waals surface area contributed by atoms with E-state index in [-0.39, 0.29) is 17.9 Å². The molecule has 0 saturated carbocycles. The van der Waals surface area contributed by atoms with Gasteiger partial charge in [0.05, 0.1) is 12.1 Å². The van der Waals surface area contributed by atoms with Gasteiger partial charge < -0.3 is 10.4 Å². The number of hydrogen-bond acceptors (Lipinski definition) is 3. The molecule has 2 heterocycles. The Hall–Kier alpha value is -1.83. The second kappa shape index (κ2) is 6.08.